The molecule has 0 unspecified atom stereocenters. The van der Waals surface area contributed by atoms with Gasteiger partial charge in [-0.05, 0) is 25.0 Å². The SMILES string of the molecule is COc1ccccc1-c1csc(CC2(N)CC2)n1. The molecule has 0 saturated heterocycles. The number of rotatable bonds is 4. The number of hydrogen-bond acceptors (Lipinski definition) is 4. The van der Waals surface area contributed by atoms with Gasteiger partial charge >= 0.3 is 0 Å². The Morgan fingerprint density at radius 1 is 1.39 bits per heavy atom. The summed E-state index contributed by atoms with van der Waals surface area (Å²) in [5.41, 5.74) is 8.18. The van der Waals surface area contributed by atoms with Crippen LogP contribution in [0.15, 0.2) is 29.6 Å². The summed E-state index contributed by atoms with van der Waals surface area (Å²) in [6, 6.07) is 7.96. The first-order valence-corrected chi connectivity index (χ1v) is 6.95. The third-order valence-corrected chi connectivity index (χ3v) is 4.18. The van der Waals surface area contributed by atoms with Crippen molar-refractivity contribution in [3.63, 3.8) is 0 Å². The lowest BCUT2D eigenvalue weighted by molar-refractivity contribution is 0.416. The number of benzene rings is 1. The topological polar surface area (TPSA) is 48.1 Å². The van der Waals surface area contributed by atoms with Crippen LogP contribution in [0.4, 0.5) is 0 Å². The van der Waals surface area contributed by atoms with Gasteiger partial charge in [-0.15, -0.1) is 11.3 Å². The second kappa shape index (κ2) is 4.37. The number of thiazole rings is 1. The molecule has 1 aliphatic carbocycles. The Kier molecular flexibility index (Phi) is 2.84. The Hall–Kier alpha value is -1.39. The van der Waals surface area contributed by atoms with Crippen LogP contribution in [0.5, 0.6) is 5.75 Å². The third-order valence-electron chi connectivity index (χ3n) is 3.33. The van der Waals surface area contributed by atoms with E-state index in [4.69, 9.17) is 10.5 Å². The van der Waals surface area contributed by atoms with Gasteiger partial charge in [-0.25, -0.2) is 4.98 Å². The molecule has 2 aromatic rings. The molecule has 1 aromatic heterocycles. The van der Waals surface area contributed by atoms with E-state index in [1.807, 2.05) is 24.3 Å². The first kappa shape index (κ1) is 11.7. The molecule has 1 aliphatic rings. The minimum atomic E-state index is 0.0237. The Bertz CT molecular complexity index is 560. The van der Waals surface area contributed by atoms with Gasteiger partial charge in [0.15, 0.2) is 0 Å². The Labute approximate surface area is 111 Å². The first-order chi connectivity index (χ1) is 8.70. The highest BCUT2D eigenvalue weighted by Gasteiger charge is 2.38. The molecule has 3 nitrogen and oxygen atoms in total. The number of para-hydroxylation sites is 1. The molecule has 94 valence electrons. The van der Waals surface area contributed by atoms with Gasteiger partial charge in [-0.2, -0.15) is 0 Å². The summed E-state index contributed by atoms with van der Waals surface area (Å²) >= 11 is 1.68. The van der Waals surface area contributed by atoms with Crippen LogP contribution in [0.1, 0.15) is 17.8 Å². The van der Waals surface area contributed by atoms with Crippen molar-refractivity contribution in [2.24, 2.45) is 5.73 Å². The van der Waals surface area contributed by atoms with Crippen molar-refractivity contribution in [2.45, 2.75) is 24.8 Å². The second-order valence-corrected chi connectivity index (χ2v) is 5.81. The normalized spacial score (nSPS) is 16.6. The summed E-state index contributed by atoms with van der Waals surface area (Å²) in [4.78, 5) is 4.67. The fourth-order valence-corrected chi connectivity index (χ4v) is 2.96. The molecule has 0 aliphatic heterocycles. The zero-order valence-corrected chi connectivity index (χ0v) is 11.2. The summed E-state index contributed by atoms with van der Waals surface area (Å²) in [5, 5.41) is 3.20. The van der Waals surface area contributed by atoms with Crippen molar-refractivity contribution in [1.82, 2.24) is 4.98 Å². The van der Waals surface area contributed by atoms with Crippen molar-refractivity contribution in [1.29, 1.82) is 0 Å². The first-order valence-electron chi connectivity index (χ1n) is 6.07. The molecule has 1 heterocycles. The fourth-order valence-electron chi connectivity index (χ4n) is 2.01. The van der Waals surface area contributed by atoms with Crippen LogP contribution >= 0.6 is 11.3 Å². The van der Waals surface area contributed by atoms with Crippen molar-refractivity contribution in [2.75, 3.05) is 7.11 Å². The highest BCUT2D eigenvalue weighted by Crippen LogP contribution is 2.37. The van der Waals surface area contributed by atoms with E-state index in [2.05, 4.69) is 10.4 Å². The average Bonchev–Trinajstić information content (AvgIpc) is 2.93. The molecule has 1 aromatic carbocycles. The smallest absolute Gasteiger partial charge is 0.128 e. The quantitative estimate of drug-likeness (QED) is 0.919. The van der Waals surface area contributed by atoms with E-state index in [-0.39, 0.29) is 5.54 Å². The summed E-state index contributed by atoms with van der Waals surface area (Å²) in [6.45, 7) is 0. The number of aromatic nitrogens is 1. The molecule has 0 radical (unpaired) electrons. The van der Waals surface area contributed by atoms with Crippen LogP contribution in [-0.2, 0) is 6.42 Å². The molecular formula is C14H16N2OS. The Balaban J connectivity index is 1.88. The lowest BCUT2D eigenvalue weighted by Crippen LogP contribution is -2.24. The van der Waals surface area contributed by atoms with Crippen LogP contribution in [0.2, 0.25) is 0 Å². The zero-order chi connectivity index (χ0) is 12.6. The molecule has 0 amide bonds. The van der Waals surface area contributed by atoms with Crippen LogP contribution in [0.25, 0.3) is 11.3 Å². The van der Waals surface area contributed by atoms with Crippen molar-refractivity contribution in [3.8, 4) is 17.0 Å². The van der Waals surface area contributed by atoms with Gasteiger partial charge in [0.1, 0.15) is 5.75 Å². The molecular weight excluding hydrogens is 244 g/mol. The standard InChI is InChI=1S/C14H16N2OS/c1-17-12-5-3-2-4-10(12)11-9-18-13(16-11)8-14(15)6-7-14/h2-5,9H,6-8,15H2,1H3. The van der Waals surface area contributed by atoms with Gasteiger partial charge < -0.3 is 10.5 Å². The Morgan fingerprint density at radius 2 is 2.17 bits per heavy atom. The van der Waals surface area contributed by atoms with Crippen LogP contribution < -0.4 is 10.5 Å². The van der Waals surface area contributed by atoms with Gasteiger partial charge in [0.25, 0.3) is 0 Å². The molecule has 1 saturated carbocycles. The molecule has 2 N–H and O–H groups in total. The molecule has 4 heteroatoms. The maximum absolute atomic E-state index is 6.12. The monoisotopic (exact) mass is 260 g/mol. The summed E-state index contributed by atoms with van der Waals surface area (Å²) in [5.74, 6) is 0.864. The summed E-state index contributed by atoms with van der Waals surface area (Å²) < 4.78 is 5.36. The number of methoxy groups -OCH3 is 1. The third kappa shape index (κ3) is 2.26. The van der Waals surface area contributed by atoms with Gasteiger partial charge in [-0.1, -0.05) is 12.1 Å². The number of nitrogens with two attached hydrogens (primary N) is 1. The van der Waals surface area contributed by atoms with E-state index >= 15 is 0 Å². The van der Waals surface area contributed by atoms with E-state index in [1.165, 1.54) is 0 Å². The lowest BCUT2D eigenvalue weighted by Gasteiger charge is -2.06. The summed E-state index contributed by atoms with van der Waals surface area (Å²) in [7, 11) is 1.69. The molecule has 0 bridgehead atoms. The lowest BCUT2D eigenvalue weighted by atomic mass is 10.1. The van der Waals surface area contributed by atoms with E-state index in [9.17, 15) is 0 Å². The van der Waals surface area contributed by atoms with Crippen molar-refractivity contribution < 1.29 is 4.74 Å². The molecule has 3 rings (SSSR count). The fraction of sp³-hybridized carbons (Fsp3) is 0.357. The minimum Gasteiger partial charge on any atom is -0.496 e. The number of hydrogen-bond donors (Lipinski definition) is 1. The van der Waals surface area contributed by atoms with Crippen molar-refractivity contribution in [3.05, 3.63) is 34.7 Å². The predicted molar refractivity (Wildman–Crippen MR) is 74.0 cm³/mol. The van der Waals surface area contributed by atoms with Gasteiger partial charge in [0.05, 0.1) is 17.8 Å². The second-order valence-electron chi connectivity index (χ2n) is 4.87. The van der Waals surface area contributed by atoms with E-state index in [0.717, 1.165) is 41.3 Å². The number of nitrogens with zero attached hydrogens (tertiary/aromatic N) is 1. The van der Waals surface area contributed by atoms with Gasteiger partial charge in [0.2, 0.25) is 0 Å². The molecule has 18 heavy (non-hydrogen) atoms. The predicted octanol–water partition coefficient (Wildman–Crippen LogP) is 2.85. The van der Waals surface area contributed by atoms with Crippen LogP contribution in [0, 0.1) is 0 Å². The molecule has 1 fully saturated rings. The maximum atomic E-state index is 6.12. The van der Waals surface area contributed by atoms with E-state index < -0.39 is 0 Å². The van der Waals surface area contributed by atoms with Crippen LogP contribution in [0.3, 0.4) is 0 Å². The van der Waals surface area contributed by atoms with E-state index in [1.54, 1.807) is 18.4 Å². The Morgan fingerprint density at radius 3 is 2.89 bits per heavy atom. The number of ether oxygens (including phenoxy) is 1. The highest BCUT2D eigenvalue weighted by atomic mass is 32.1. The van der Waals surface area contributed by atoms with Gasteiger partial charge in [-0.3, -0.25) is 0 Å². The van der Waals surface area contributed by atoms with Crippen molar-refractivity contribution >= 4 is 11.3 Å². The minimum absolute atomic E-state index is 0.0237. The summed E-state index contributed by atoms with van der Waals surface area (Å²) in [6.07, 6.45) is 3.14. The van der Waals surface area contributed by atoms with Gasteiger partial charge in [0, 0.05) is 22.9 Å². The average molecular weight is 260 g/mol. The molecule has 0 atom stereocenters. The molecule has 0 spiro atoms. The van der Waals surface area contributed by atoms with Crippen LogP contribution in [-0.4, -0.2) is 17.6 Å². The maximum Gasteiger partial charge on any atom is 0.128 e. The largest absolute Gasteiger partial charge is 0.496 e. The zero-order valence-electron chi connectivity index (χ0n) is 10.3. The highest BCUT2D eigenvalue weighted by molar-refractivity contribution is 7.10. The van der Waals surface area contributed by atoms with E-state index in [0.29, 0.717) is 0 Å².